The Hall–Kier alpha value is -0.580. The summed E-state index contributed by atoms with van der Waals surface area (Å²) in [5.74, 6) is 1.14. The van der Waals surface area contributed by atoms with E-state index in [-0.39, 0.29) is 6.10 Å². The zero-order valence-corrected chi connectivity index (χ0v) is 10.5. The minimum absolute atomic E-state index is 0.200. The zero-order valence-electron chi connectivity index (χ0n) is 8.99. The van der Waals surface area contributed by atoms with Crippen LogP contribution in [0.15, 0.2) is 6.33 Å². The van der Waals surface area contributed by atoms with Gasteiger partial charge in [0, 0.05) is 18.7 Å². The number of nitrogens with zero attached hydrogens (tertiary/aromatic N) is 3. The van der Waals surface area contributed by atoms with Crippen LogP contribution in [0.25, 0.3) is 0 Å². The summed E-state index contributed by atoms with van der Waals surface area (Å²) in [5.41, 5.74) is 0.792. The van der Waals surface area contributed by atoms with E-state index >= 15 is 0 Å². The number of hydrogen-bond acceptors (Lipinski definition) is 4. The third-order valence-electron chi connectivity index (χ3n) is 2.54. The molecule has 0 aliphatic carbocycles. The minimum atomic E-state index is 0.200. The summed E-state index contributed by atoms with van der Waals surface area (Å²) in [4.78, 5) is 10.3. The number of halogens is 2. The quantitative estimate of drug-likeness (QED) is 0.604. The third-order valence-corrected chi connectivity index (χ3v) is 3.14. The number of anilines is 1. The first kappa shape index (κ1) is 11.9. The molecule has 1 aliphatic rings. The van der Waals surface area contributed by atoms with E-state index in [1.54, 1.807) is 0 Å². The molecule has 16 heavy (non-hydrogen) atoms. The second kappa shape index (κ2) is 5.17. The highest BCUT2D eigenvalue weighted by atomic mass is 35.5. The Morgan fingerprint density at radius 3 is 3.06 bits per heavy atom. The first-order valence-electron chi connectivity index (χ1n) is 5.14. The number of alkyl halides is 1. The number of ether oxygens (including phenoxy) is 1. The molecule has 4 nitrogen and oxygen atoms in total. The van der Waals surface area contributed by atoms with Gasteiger partial charge < -0.3 is 9.64 Å². The average Bonchev–Trinajstić information content (AvgIpc) is 2.28. The molecule has 0 aromatic carbocycles. The van der Waals surface area contributed by atoms with E-state index < -0.39 is 0 Å². The fraction of sp³-hybridized carbons (Fsp3) is 0.600. The maximum Gasteiger partial charge on any atom is 0.138 e. The molecule has 0 radical (unpaired) electrons. The lowest BCUT2D eigenvalue weighted by Crippen LogP contribution is -2.42. The largest absolute Gasteiger partial charge is 0.375 e. The molecule has 1 unspecified atom stereocenters. The Balaban J connectivity index is 2.28. The van der Waals surface area contributed by atoms with Crippen LogP contribution in [0.2, 0.25) is 5.15 Å². The Bertz CT molecular complexity index is 375. The van der Waals surface area contributed by atoms with Gasteiger partial charge in [-0.3, -0.25) is 0 Å². The zero-order chi connectivity index (χ0) is 11.5. The summed E-state index contributed by atoms with van der Waals surface area (Å²) in [7, 11) is 0. The van der Waals surface area contributed by atoms with E-state index in [1.165, 1.54) is 6.33 Å². The molecule has 88 valence electrons. The predicted octanol–water partition coefficient (Wildman–Crippen LogP) is 2.09. The number of morpholine rings is 1. The molecular weight excluding hydrogens is 249 g/mol. The molecule has 1 atom stereocenters. The maximum atomic E-state index is 5.99. The molecule has 0 N–H and O–H groups in total. The standard InChI is InChI=1S/C10H13Cl2N3O/c1-7-5-15(2-3-16-7)10-8(4-11)9(12)13-6-14-10/h6-7H,2-5H2,1H3. The topological polar surface area (TPSA) is 38.2 Å². The lowest BCUT2D eigenvalue weighted by atomic mass is 10.2. The van der Waals surface area contributed by atoms with Crippen LogP contribution in [-0.2, 0) is 10.6 Å². The van der Waals surface area contributed by atoms with E-state index in [1.807, 2.05) is 6.92 Å². The fourth-order valence-corrected chi connectivity index (χ4v) is 2.29. The van der Waals surface area contributed by atoms with Gasteiger partial charge in [0.15, 0.2) is 0 Å². The van der Waals surface area contributed by atoms with Crippen molar-refractivity contribution in [2.45, 2.75) is 18.9 Å². The molecule has 0 bridgehead atoms. The Morgan fingerprint density at radius 2 is 2.38 bits per heavy atom. The third kappa shape index (κ3) is 2.39. The molecular formula is C10H13Cl2N3O. The van der Waals surface area contributed by atoms with Crippen molar-refractivity contribution in [2.75, 3.05) is 24.6 Å². The first-order valence-corrected chi connectivity index (χ1v) is 6.05. The van der Waals surface area contributed by atoms with Crippen molar-refractivity contribution in [3.05, 3.63) is 17.0 Å². The van der Waals surface area contributed by atoms with Crippen LogP contribution in [0, 0.1) is 0 Å². The Labute approximate surface area is 105 Å². The molecule has 1 aromatic heterocycles. The van der Waals surface area contributed by atoms with Crippen LogP contribution in [-0.4, -0.2) is 35.8 Å². The van der Waals surface area contributed by atoms with E-state index in [2.05, 4.69) is 14.9 Å². The number of aromatic nitrogens is 2. The van der Waals surface area contributed by atoms with E-state index in [4.69, 9.17) is 27.9 Å². The molecule has 1 aromatic rings. The molecule has 2 heterocycles. The Morgan fingerprint density at radius 1 is 1.56 bits per heavy atom. The van der Waals surface area contributed by atoms with Gasteiger partial charge in [-0.05, 0) is 6.92 Å². The molecule has 1 saturated heterocycles. The first-order chi connectivity index (χ1) is 7.72. The summed E-state index contributed by atoms with van der Waals surface area (Å²) in [6, 6.07) is 0. The van der Waals surface area contributed by atoms with Crippen molar-refractivity contribution in [3.63, 3.8) is 0 Å². The number of hydrogen-bond donors (Lipinski definition) is 0. The van der Waals surface area contributed by atoms with Crippen LogP contribution in [0.5, 0.6) is 0 Å². The second-order valence-corrected chi connectivity index (χ2v) is 4.35. The summed E-state index contributed by atoms with van der Waals surface area (Å²) in [5, 5.41) is 0.430. The van der Waals surface area contributed by atoms with Gasteiger partial charge in [0.2, 0.25) is 0 Å². The summed E-state index contributed by atoms with van der Waals surface area (Å²) < 4.78 is 5.48. The number of rotatable bonds is 2. The van der Waals surface area contributed by atoms with Gasteiger partial charge in [-0.1, -0.05) is 11.6 Å². The summed E-state index contributed by atoms with van der Waals surface area (Å²) >= 11 is 11.9. The summed E-state index contributed by atoms with van der Waals surface area (Å²) in [6.07, 6.45) is 1.67. The van der Waals surface area contributed by atoms with Crippen LogP contribution in [0.4, 0.5) is 5.82 Å². The molecule has 0 spiro atoms. The van der Waals surface area contributed by atoms with Gasteiger partial charge in [0.05, 0.1) is 18.6 Å². The van der Waals surface area contributed by atoms with E-state index in [0.717, 1.165) is 24.5 Å². The van der Waals surface area contributed by atoms with E-state index in [0.29, 0.717) is 17.6 Å². The second-order valence-electron chi connectivity index (χ2n) is 3.73. The molecule has 1 fully saturated rings. The van der Waals surface area contributed by atoms with E-state index in [9.17, 15) is 0 Å². The fourth-order valence-electron chi connectivity index (χ4n) is 1.78. The van der Waals surface area contributed by atoms with Gasteiger partial charge in [0.1, 0.15) is 17.3 Å². The van der Waals surface area contributed by atoms with Gasteiger partial charge in [-0.25, -0.2) is 9.97 Å². The highest BCUT2D eigenvalue weighted by Gasteiger charge is 2.21. The molecule has 0 amide bonds. The van der Waals surface area contributed by atoms with Crippen LogP contribution >= 0.6 is 23.2 Å². The van der Waals surface area contributed by atoms with Crippen molar-refractivity contribution in [3.8, 4) is 0 Å². The Kier molecular flexibility index (Phi) is 3.84. The van der Waals surface area contributed by atoms with Crippen molar-refractivity contribution in [2.24, 2.45) is 0 Å². The van der Waals surface area contributed by atoms with Gasteiger partial charge in [-0.2, -0.15) is 0 Å². The average molecular weight is 262 g/mol. The summed E-state index contributed by atoms with van der Waals surface area (Å²) in [6.45, 7) is 4.35. The maximum absolute atomic E-state index is 5.99. The normalized spacial score (nSPS) is 21.2. The highest BCUT2D eigenvalue weighted by Crippen LogP contribution is 2.26. The van der Waals surface area contributed by atoms with Crippen molar-refractivity contribution in [1.29, 1.82) is 0 Å². The van der Waals surface area contributed by atoms with Gasteiger partial charge >= 0.3 is 0 Å². The van der Waals surface area contributed by atoms with Gasteiger partial charge in [0.25, 0.3) is 0 Å². The smallest absolute Gasteiger partial charge is 0.138 e. The van der Waals surface area contributed by atoms with Crippen molar-refractivity contribution in [1.82, 2.24) is 9.97 Å². The molecule has 1 aliphatic heterocycles. The predicted molar refractivity (Wildman–Crippen MR) is 64.2 cm³/mol. The SMILES string of the molecule is CC1CN(c2ncnc(Cl)c2CCl)CCO1. The monoisotopic (exact) mass is 261 g/mol. The lowest BCUT2D eigenvalue weighted by Gasteiger charge is -2.32. The van der Waals surface area contributed by atoms with Crippen LogP contribution in [0.1, 0.15) is 12.5 Å². The lowest BCUT2D eigenvalue weighted by molar-refractivity contribution is 0.0529. The van der Waals surface area contributed by atoms with Crippen LogP contribution in [0.3, 0.4) is 0 Å². The molecule has 6 heteroatoms. The van der Waals surface area contributed by atoms with Crippen molar-refractivity contribution < 1.29 is 4.74 Å². The molecule has 2 rings (SSSR count). The molecule has 0 saturated carbocycles. The highest BCUT2D eigenvalue weighted by molar-refractivity contribution is 6.31. The van der Waals surface area contributed by atoms with Crippen LogP contribution < -0.4 is 4.90 Å². The van der Waals surface area contributed by atoms with Crippen molar-refractivity contribution >= 4 is 29.0 Å². The van der Waals surface area contributed by atoms with Gasteiger partial charge in [-0.15, -0.1) is 11.6 Å². The minimum Gasteiger partial charge on any atom is -0.375 e.